The summed E-state index contributed by atoms with van der Waals surface area (Å²) in [5.74, 6) is -0.00721. The van der Waals surface area contributed by atoms with E-state index >= 15 is 0 Å². The van der Waals surface area contributed by atoms with Crippen molar-refractivity contribution in [2.24, 2.45) is 0 Å². The normalized spacial score (nSPS) is 17.5. The number of ether oxygens (including phenoxy) is 1. The molecule has 1 aliphatic heterocycles. The minimum atomic E-state index is -0.265. The van der Waals surface area contributed by atoms with Gasteiger partial charge in [-0.2, -0.15) is 0 Å². The van der Waals surface area contributed by atoms with Crippen LogP contribution in [0.1, 0.15) is 31.4 Å². The van der Waals surface area contributed by atoms with Crippen molar-refractivity contribution in [3.05, 3.63) is 47.9 Å². The first kappa shape index (κ1) is 16.8. The predicted octanol–water partition coefficient (Wildman–Crippen LogP) is 3.91. The second kappa shape index (κ2) is 7.33. The lowest BCUT2D eigenvalue weighted by Gasteiger charge is -2.22. The van der Waals surface area contributed by atoms with Gasteiger partial charge in [0.05, 0.1) is 23.0 Å². The summed E-state index contributed by atoms with van der Waals surface area (Å²) in [6.07, 6.45) is 5.36. The highest BCUT2D eigenvalue weighted by atomic mass is 19.1. The number of hydrogen-bond acceptors (Lipinski definition) is 5. The summed E-state index contributed by atoms with van der Waals surface area (Å²) in [5.41, 5.74) is 9.81. The number of pyridine rings is 1. The Balaban J connectivity index is 1.66. The highest BCUT2D eigenvalue weighted by molar-refractivity contribution is 5.80. The van der Waals surface area contributed by atoms with E-state index in [1.807, 2.05) is 12.1 Å². The summed E-state index contributed by atoms with van der Waals surface area (Å²) >= 11 is 0. The number of nitrogen functional groups attached to an aromatic ring is 1. The maximum absolute atomic E-state index is 13.2. The molecular weight excluding hydrogens is 331 g/mol. The molecule has 3 aromatic rings. The minimum absolute atomic E-state index is 0.258. The van der Waals surface area contributed by atoms with E-state index in [-0.39, 0.29) is 17.9 Å². The number of benzene rings is 1. The monoisotopic (exact) mass is 352 g/mol. The standard InChI is InChI=1S/C20H21FN4O/c21-14-6-4-13(5-7-14)16-10-11-18-19(23-16)17(24-20(22)25-18)9-8-15-3-1-2-12-26-15/h4-7,10-11,15H,1-3,8-9,12H2,(H2,22,24,25). The molecule has 5 nitrogen and oxygen atoms in total. The van der Waals surface area contributed by atoms with Gasteiger partial charge < -0.3 is 10.5 Å². The van der Waals surface area contributed by atoms with E-state index in [0.29, 0.717) is 0 Å². The van der Waals surface area contributed by atoms with Gasteiger partial charge in [0, 0.05) is 12.2 Å². The van der Waals surface area contributed by atoms with Crippen molar-refractivity contribution < 1.29 is 9.13 Å². The third kappa shape index (κ3) is 3.65. The Labute approximate surface area is 151 Å². The largest absolute Gasteiger partial charge is 0.378 e. The zero-order valence-corrected chi connectivity index (χ0v) is 14.5. The fraction of sp³-hybridized carbons (Fsp3) is 0.350. The molecule has 1 unspecified atom stereocenters. The number of halogens is 1. The zero-order chi connectivity index (χ0) is 17.9. The quantitative estimate of drug-likeness (QED) is 0.770. The second-order valence-electron chi connectivity index (χ2n) is 6.63. The molecule has 0 aliphatic carbocycles. The number of nitrogens with zero attached hydrogens (tertiary/aromatic N) is 3. The number of rotatable bonds is 4. The Morgan fingerprint density at radius 1 is 1.04 bits per heavy atom. The molecule has 0 spiro atoms. The summed E-state index contributed by atoms with van der Waals surface area (Å²) in [4.78, 5) is 13.5. The maximum Gasteiger partial charge on any atom is 0.220 e. The van der Waals surface area contributed by atoms with Crippen LogP contribution in [0.2, 0.25) is 0 Å². The zero-order valence-electron chi connectivity index (χ0n) is 14.5. The van der Waals surface area contributed by atoms with Gasteiger partial charge in [0.2, 0.25) is 5.95 Å². The fourth-order valence-corrected chi connectivity index (χ4v) is 3.38. The molecule has 1 saturated heterocycles. The number of anilines is 1. The summed E-state index contributed by atoms with van der Waals surface area (Å²) in [6, 6.07) is 10.1. The van der Waals surface area contributed by atoms with Crippen LogP contribution >= 0.6 is 0 Å². The van der Waals surface area contributed by atoms with Crippen LogP contribution in [0, 0.1) is 5.82 Å². The van der Waals surface area contributed by atoms with Crippen LogP contribution in [0.4, 0.5) is 10.3 Å². The van der Waals surface area contributed by atoms with E-state index in [2.05, 4.69) is 9.97 Å². The molecule has 0 radical (unpaired) electrons. The molecule has 0 saturated carbocycles. The molecule has 1 aromatic carbocycles. The van der Waals surface area contributed by atoms with Crippen molar-refractivity contribution in [3.8, 4) is 11.3 Å². The number of aromatic nitrogens is 3. The molecule has 2 aromatic heterocycles. The van der Waals surface area contributed by atoms with Crippen LogP contribution in [-0.2, 0) is 11.2 Å². The molecular formula is C20H21FN4O. The first-order chi connectivity index (χ1) is 12.7. The Bertz CT molecular complexity index is 908. The van der Waals surface area contributed by atoms with Crippen LogP contribution in [0.5, 0.6) is 0 Å². The molecule has 6 heteroatoms. The number of hydrogen-bond donors (Lipinski definition) is 1. The lowest BCUT2D eigenvalue weighted by Crippen LogP contribution is -2.20. The average Bonchev–Trinajstić information content (AvgIpc) is 2.67. The molecule has 0 bridgehead atoms. The first-order valence-electron chi connectivity index (χ1n) is 9.00. The SMILES string of the molecule is Nc1nc(CCC2CCCCO2)c2nc(-c3ccc(F)cc3)ccc2n1. The van der Waals surface area contributed by atoms with Gasteiger partial charge in [-0.3, -0.25) is 0 Å². The Morgan fingerprint density at radius 3 is 2.65 bits per heavy atom. The van der Waals surface area contributed by atoms with E-state index in [1.54, 1.807) is 12.1 Å². The molecule has 3 heterocycles. The Kier molecular flexibility index (Phi) is 4.75. The van der Waals surface area contributed by atoms with Gasteiger partial charge in [-0.1, -0.05) is 0 Å². The number of fused-ring (bicyclic) bond motifs is 1. The first-order valence-corrected chi connectivity index (χ1v) is 9.00. The van der Waals surface area contributed by atoms with Crippen LogP contribution in [0.3, 0.4) is 0 Å². The molecule has 2 N–H and O–H groups in total. The van der Waals surface area contributed by atoms with Crippen LogP contribution in [0.15, 0.2) is 36.4 Å². The van der Waals surface area contributed by atoms with Gasteiger partial charge in [-0.25, -0.2) is 19.3 Å². The molecule has 26 heavy (non-hydrogen) atoms. The van der Waals surface area contributed by atoms with Gasteiger partial charge in [0.15, 0.2) is 0 Å². The molecule has 1 atom stereocenters. The van der Waals surface area contributed by atoms with Crippen LogP contribution in [-0.4, -0.2) is 27.7 Å². The number of aryl methyl sites for hydroxylation is 1. The lowest BCUT2D eigenvalue weighted by molar-refractivity contribution is 0.0114. The van der Waals surface area contributed by atoms with Crippen molar-refractivity contribution in [2.45, 2.75) is 38.2 Å². The number of nitrogens with two attached hydrogens (primary N) is 1. The lowest BCUT2D eigenvalue weighted by atomic mass is 10.0. The summed E-state index contributed by atoms with van der Waals surface area (Å²) in [7, 11) is 0. The van der Waals surface area contributed by atoms with Crippen molar-refractivity contribution in [1.82, 2.24) is 15.0 Å². The van der Waals surface area contributed by atoms with Gasteiger partial charge in [-0.15, -0.1) is 0 Å². The van der Waals surface area contributed by atoms with E-state index in [4.69, 9.17) is 15.5 Å². The summed E-state index contributed by atoms with van der Waals surface area (Å²) in [5, 5.41) is 0. The Hall–Kier alpha value is -2.60. The van der Waals surface area contributed by atoms with E-state index in [0.717, 1.165) is 60.3 Å². The molecule has 1 aliphatic rings. The van der Waals surface area contributed by atoms with Gasteiger partial charge >= 0.3 is 0 Å². The van der Waals surface area contributed by atoms with Crippen LogP contribution in [0.25, 0.3) is 22.3 Å². The van der Waals surface area contributed by atoms with E-state index in [1.165, 1.54) is 18.6 Å². The highest BCUT2D eigenvalue weighted by Gasteiger charge is 2.16. The molecule has 4 rings (SSSR count). The predicted molar refractivity (Wildman–Crippen MR) is 99.1 cm³/mol. The highest BCUT2D eigenvalue weighted by Crippen LogP contribution is 2.24. The van der Waals surface area contributed by atoms with E-state index < -0.39 is 0 Å². The van der Waals surface area contributed by atoms with Crippen molar-refractivity contribution in [1.29, 1.82) is 0 Å². The minimum Gasteiger partial charge on any atom is -0.378 e. The Morgan fingerprint density at radius 2 is 1.88 bits per heavy atom. The topological polar surface area (TPSA) is 73.9 Å². The van der Waals surface area contributed by atoms with Crippen molar-refractivity contribution >= 4 is 17.0 Å². The van der Waals surface area contributed by atoms with Crippen molar-refractivity contribution in [2.75, 3.05) is 12.3 Å². The molecule has 1 fully saturated rings. The van der Waals surface area contributed by atoms with Gasteiger partial charge in [0.1, 0.15) is 11.3 Å². The molecule has 0 amide bonds. The van der Waals surface area contributed by atoms with Crippen LogP contribution < -0.4 is 5.73 Å². The van der Waals surface area contributed by atoms with Gasteiger partial charge in [-0.05, 0) is 68.5 Å². The summed E-state index contributed by atoms with van der Waals surface area (Å²) < 4.78 is 19.0. The second-order valence-corrected chi connectivity index (χ2v) is 6.63. The summed E-state index contributed by atoms with van der Waals surface area (Å²) in [6.45, 7) is 0.838. The average molecular weight is 352 g/mol. The van der Waals surface area contributed by atoms with Gasteiger partial charge in [0.25, 0.3) is 0 Å². The van der Waals surface area contributed by atoms with E-state index in [9.17, 15) is 4.39 Å². The smallest absolute Gasteiger partial charge is 0.220 e. The third-order valence-electron chi connectivity index (χ3n) is 4.75. The fourth-order valence-electron chi connectivity index (χ4n) is 3.38. The van der Waals surface area contributed by atoms with Crippen molar-refractivity contribution in [3.63, 3.8) is 0 Å². The maximum atomic E-state index is 13.2. The molecule has 134 valence electrons. The third-order valence-corrected chi connectivity index (χ3v) is 4.75.